The molecule has 246 valence electrons. The van der Waals surface area contributed by atoms with Crippen LogP contribution in [0.3, 0.4) is 0 Å². The number of aliphatic hydroxyl groups excluding tert-OH is 1. The van der Waals surface area contributed by atoms with E-state index in [-0.39, 0.29) is 35.4 Å². The number of aliphatic hydroxyl groups is 1. The van der Waals surface area contributed by atoms with Crippen molar-refractivity contribution in [1.29, 1.82) is 0 Å². The zero-order chi connectivity index (χ0) is 31.9. The Morgan fingerprint density at radius 3 is 2.51 bits per heavy atom. The van der Waals surface area contributed by atoms with Gasteiger partial charge >= 0.3 is 8.25 Å². The number of fused-ring (bicyclic) bond motifs is 1. The number of nitrogens with one attached hydrogen (secondary N) is 1. The Labute approximate surface area is 260 Å². The van der Waals surface area contributed by atoms with Gasteiger partial charge < -0.3 is 35.0 Å². The predicted molar refractivity (Wildman–Crippen MR) is 159 cm³/mol. The minimum atomic E-state index is -3.36. The second kappa shape index (κ2) is 15.3. The van der Waals surface area contributed by atoms with Crippen LogP contribution in [0.5, 0.6) is 0 Å². The molecule has 3 amide bonds. The van der Waals surface area contributed by atoms with Gasteiger partial charge in [-0.05, 0) is 44.4 Å². The molecule has 1 saturated carbocycles. The average molecular weight is 650 g/mol. The molecule has 0 spiro atoms. The van der Waals surface area contributed by atoms with E-state index in [1.165, 1.54) is 29.7 Å². The molecule has 17 heteroatoms. The zero-order valence-corrected chi connectivity index (χ0v) is 25.8. The molecule has 2 aromatic rings. The van der Waals surface area contributed by atoms with Gasteiger partial charge in [0.1, 0.15) is 30.2 Å². The number of imidazole rings is 1. The highest BCUT2D eigenvalue weighted by molar-refractivity contribution is 7.32. The van der Waals surface area contributed by atoms with Gasteiger partial charge in [-0.15, -0.1) is 0 Å². The van der Waals surface area contributed by atoms with Gasteiger partial charge in [0.15, 0.2) is 17.7 Å². The Kier molecular flexibility index (Phi) is 11.3. The summed E-state index contributed by atoms with van der Waals surface area (Å²) in [6, 6.07) is 0. The number of imide groups is 1. The largest absolute Gasteiger partial charge is 0.394 e. The molecule has 3 aliphatic rings. The first-order chi connectivity index (χ1) is 21.8. The van der Waals surface area contributed by atoms with Gasteiger partial charge in [0.05, 0.1) is 12.9 Å². The zero-order valence-electron chi connectivity index (χ0n) is 24.8. The lowest BCUT2D eigenvalue weighted by Crippen LogP contribution is -2.38. The molecule has 45 heavy (non-hydrogen) atoms. The lowest BCUT2D eigenvalue weighted by Gasteiger charge is -2.30. The number of nitrogen functional groups attached to an aromatic ring is 1. The summed E-state index contributed by atoms with van der Waals surface area (Å²) in [6.45, 7) is 0.835. The van der Waals surface area contributed by atoms with Crippen molar-refractivity contribution >= 4 is 43.0 Å². The van der Waals surface area contributed by atoms with Gasteiger partial charge in [-0.25, -0.2) is 15.0 Å². The van der Waals surface area contributed by atoms with E-state index in [0.717, 1.165) is 44.9 Å². The molecule has 2 aromatic heterocycles. The van der Waals surface area contributed by atoms with E-state index in [0.29, 0.717) is 37.3 Å². The molecule has 4 heterocycles. The molecule has 1 saturated heterocycles. The van der Waals surface area contributed by atoms with Gasteiger partial charge in [-0.2, -0.15) is 0 Å². The van der Waals surface area contributed by atoms with Gasteiger partial charge in [-0.3, -0.25) is 28.4 Å². The summed E-state index contributed by atoms with van der Waals surface area (Å²) in [5.74, 6) is -0.116. The number of nitrogens with two attached hydrogens (primary N) is 1. The van der Waals surface area contributed by atoms with Crippen molar-refractivity contribution in [2.75, 3.05) is 32.0 Å². The molecule has 2 unspecified atom stereocenters. The molecule has 2 aliphatic heterocycles. The van der Waals surface area contributed by atoms with E-state index >= 15 is 0 Å². The van der Waals surface area contributed by atoms with Crippen LogP contribution in [0, 0.1) is 11.8 Å². The number of anilines is 1. The van der Waals surface area contributed by atoms with Gasteiger partial charge in [0, 0.05) is 37.8 Å². The maximum atomic E-state index is 12.7. The highest BCUT2D eigenvalue weighted by atomic mass is 31.1. The SMILES string of the molecule is Nc1ncnc2c1ncn2[C@@H]1O[C@H](CO)C(O[PH](=O)O)[C@@H]1OCCCCCCNC(=O)C1CCC(CN2C(=O)C=CC2=O)CC1. The number of hydrogen-bond acceptors (Lipinski definition) is 12. The first kappa shape index (κ1) is 33.1. The summed E-state index contributed by atoms with van der Waals surface area (Å²) < 4.78 is 30.5. The quantitative estimate of drug-likeness (QED) is 0.120. The molecular formula is C28H40N7O9P. The molecule has 0 bridgehead atoms. The molecule has 0 aromatic carbocycles. The lowest BCUT2D eigenvalue weighted by molar-refractivity contribution is -0.138. The molecule has 5 N–H and O–H groups in total. The number of unbranched alkanes of at least 4 members (excludes halogenated alkanes) is 3. The smallest absolute Gasteiger partial charge is 0.317 e. The van der Waals surface area contributed by atoms with E-state index < -0.39 is 39.4 Å². The van der Waals surface area contributed by atoms with E-state index in [1.807, 2.05) is 0 Å². The summed E-state index contributed by atoms with van der Waals surface area (Å²) in [7, 11) is -3.36. The normalized spacial score (nSPS) is 27.5. The molecule has 0 radical (unpaired) electrons. The molecule has 2 fully saturated rings. The highest BCUT2D eigenvalue weighted by Gasteiger charge is 2.48. The lowest BCUT2D eigenvalue weighted by atomic mass is 9.81. The van der Waals surface area contributed by atoms with E-state index in [1.54, 1.807) is 4.57 Å². The van der Waals surface area contributed by atoms with Crippen molar-refractivity contribution in [3.63, 3.8) is 0 Å². The molecule has 5 atom stereocenters. The van der Waals surface area contributed by atoms with E-state index in [9.17, 15) is 28.9 Å². The van der Waals surface area contributed by atoms with Crippen molar-refractivity contribution in [3.8, 4) is 0 Å². The first-order valence-electron chi connectivity index (χ1n) is 15.3. The van der Waals surface area contributed by atoms with Crippen LogP contribution in [-0.2, 0) is 32.9 Å². The Bertz CT molecular complexity index is 1400. The van der Waals surface area contributed by atoms with Gasteiger partial charge in [0.25, 0.3) is 11.8 Å². The number of amides is 3. The third kappa shape index (κ3) is 7.94. The fourth-order valence-corrected chi connectivity index (χ4v) is 6.72. The van der Waals surface area contributed by atoms with Crippen molar-refractivity contribution in [1.82, 2.24) is 29.7 Å². The number of carbonyl (C=O) groups excluding carboxylic acids is 3. The minimum absolute atomic E-state index is 0.0470. The second-order valence-corrected chi connectivity index (χ2v) is 12.3. The van der Waals surface area contributed by atoms with Gasteiger partial charge in [-0.1, -0.05) is 12.8 Å². The number of carbonyl (C=O) groups is 3. The predicted octanol–water partition coefficient (Wildman–Crippen LogP) is 0.859. The third-order valence-electron chi connectivity index (χ3n) is 8.60. The minimum Gasteiger partial charge on any atom is -0.394 e. The third-order valence-corrected chi connectivity index (χ3v) is 9.08. The first-order valence-corrected chi connectivity index (χ1v) is 16.5. The number of aromatic nitrogens is 4. The maximum Gasteiger partial charge on any atom is 0.317 e. The van der Waals surface area contributed by atoms with Crippen molar-refractivity contribution in [2.45, 2.75) is 75.9 Å². The van der Waals surface area contributed by atoms with Crippen LogP contribution in [0.2, 0.25) is 0 Å². The van der Waals surface area contributed by atoms with Crippen LogP contribution >= 0.6 is 8.25 Å². The molecule has 1 aliphatic carbocycles. The van der Waals surface area contributed by atoms with Crippen molar-refractivity contribution < 1.29 is 42.9 Å². The second-order valence-electron chi connectivity index (χ2n) is 11.6. The van der Waals surface area contributed by atoms with Crippen LogP contribution in [0.4, 0.5) is 5.82 Å². The van der Waals surface area contributed by atoms with Crippen LogP contribution < -0.4 is 11.1 Å². The number of nitrogens with zero attached hydrogens (tertiary/aromatic N) is 5. The van der Waals surface area contributed by atoms with E-state index in [2.05, 4.69) is 20.3 Å². The van der Waals surface area contributed by atoms with Crippen LogP contribution in [-0.4, -0.2) is 96.8 Å². The standard InChI is InChI=1S/C28H40N7O9P/c29-25-22-26(32-15-31-25)35(16-33-22)28-24(23(44-45(40)41)19(14-36)43-28)42-12-4-2-1-3-11-30-27(39)18-7-5-17(6-8-18)13-34-20(37)9-10-21(34)38/h9-10,15-19,23-24,28,36,45H,1-8,11-14H2,(H,30,39)(H,40,41)(H2,29,31,32)/t17?,18?,19-,23?,24+,28-/m1/s1. The number of rotatable bonds is 15. The summed E-state index contributed by atoms with van der Waals surface area (Å²) in [4.78, 5) is 59.4. The fourth-order valence-electron chi connectivity index (χ4n) is 6.20. The Morgan fingerprint density at radius 2 is 1.80 bits per heavy atom. The van der Waals surface area contributed by atoms with Gasteiger partial charge in [0.2, 0.25) is 5.91 Å². The fraction of sp³-hybridized carbons (Fsp3) is 0.643. The Balaban J connectivity index is 1.02. The Morgan fingerprint density at radius 1 is 1.07 bits per heavy atom. The summed E-state index contributed by atoms with van der Waals surface area (Å²) in [5, 5.41) is 12.9. The maximum absolute atomic E-state index is 12.7. The molecule has 5 rings (SSSR count). The summed E-state index contributed by atoms with van der Waals surface area (Å²) in [6.07, 6.45) is 8.03. The van der Waals surface area contributed by atoms with Crippen LogP contribution in [0.25, 0.3) is 11.2 Å². The Hall–Kier alpha value is -3.27. The number of hydrogen-bond donors (Lipinski definition) is 4. The monoisotopic (exact) mass is 649 g/mol. The van der Waals surface area contributed by atoms with Crippen molar-refractivity contribution in [2.24, 2.45) is 11.8 Å². The summed E-state index contributed by atoms with van der Waals surface area (Å²) >= 11 is 0. The van der Waals surface area contributed by atoms with E-state index in [4.69, 9.17) is 19.7 Å². The average Bonchev–Trinajstić information content (AvgIpc) is 3.70. The van der Waals surface area contributed by atoms with Crippen molar-refractivity contribution in [3.05, 3.63) is 24.8 Å². The number of ether oxygens (including phenoxy) is 2. The van der Waals surface area contributed by atoms with Crippen LogP contribution in [0.1, 0.15) is 57.6 Å². The highest BCUT2D eigenvalue weighted by Crippen LogP contribution is 2.39. The molecule has 16 nitrogen and oxygen atoms in total. The van der Waals surface area contributed by atoms with Crippen LogP contribution in [0.15, 0.2) is 24.8 Å². The molecular weight excluding hydrogens is 609 g/mol. The topological polar surface area (TPSA) is 221 Å². The summed E-state index contributed by atoms with van der Waals surface area (Å²) in [5.41, 5.74) is 6.66.